The monoisotopic (exact) mass is 405 g/mol. The van der Waals surface area contributed by atoms with Gasteiger partial charge in [-0.3, -0.25) is 4.79 Å². The van der Waals surface area contributed by atoms with Crippen LogP contribution in [0.15, 0.2) is 53.1 Å². The lowest BCUT2D eigenvalue weighted by Crippen LogP contribution is -2.26. The molecule has 0 saturated carbocycles. The number of aryl methyl sites for hydroxylation is 1. The number of aromatic nitrogens is 4. The van der Waals surface area contributed by atoms with Gasteiger partial charge in [0.2, 0.25) is 17.6 Å². The Morgan fingerprint density at radius 3 is 2.73 bits per heavy atom. The Labute approximate surface area is 173 Å². The summed E-state index contributed by atoms with van der Waals surface area (Å²) in [5.74, 6) is 2.52. The van der Waals surface area contributed by atoms with Crippen molar-refractivity contribution in [1.82, 2.24) is 25.4 Å². The largest absolute Gasteiger partial charge is 0.494 e. The maximum atomic E-state index is 12.1. The van der Waals surface area contributed by atoms with Gasteiger partial charge in [-0.05, 0) is 43.3 Å². The second-order valence-electron chi connectivity index (χ2n) is 6.77. The number of hydrogen-bond donors (Lipinski definition) is 2. The number of carbonyl (C=O) groups excluding carboxylic acids is 1. The molecule has 154 valence electrons. The Kier molecular flexibility index (Phi) is 6.03. The fourth-order valence-corrected chi connectivity index (χ4v) is 3.09. The zero-order valence-corrected chi connectivity index (χ0v) is 16.7. The first-order valence-corrected chi connectivity index (χ1v) is 9.97. The molecule has 0 fully saturated rings. The fraction of sp³-hybridized carbons (Fsp3) is 0.273. The molecule has 0 spiro atoms. The summed E-state index contributed by atoms with van der Waals surface area (Å²) in [6.45, 7) is 3.07. The van der Waals surface area contributed by atoms with Gasteiger partial charge < -0.3 is 19.6 Å². The van der Waals surface area contributed by atoms with Crippen molar-refractivity contribution in [3.05, 3.63) is 60.2 Å². The van der Waals surface area contributed by atoms with Crippen LogP contribution in [0.3, 0.4) is 0 Å². The number of nitrogens with one attached hydrogen (secondary N) is 2. The van der Waals surface area contributed by atoms with Crippen LogP contribution in [-0.2, 0) is 17.6 Å². The van der Waals surface area contributed by atoms with Gasteiger partial charge in [0.05, 0.1) is 17.6 Å². The molecular formula is C22H23N5O3. The highest BCUT2D eigenvalue weighted by molar-refractivity contribution is 5.76. The number of benzene rings is 2. The molecule has 2 N–H and O–H groups in total. The molecule has 30 heavy (non-hydrogen) atoms. The molecule has 1 amide bonds. The van der Waals surface area contributed by atoms with Crippen LogP contribution in [0.25, 0.3) is 22.4 Å². The highest BCUT2D eigenvalue weighted by Crippen LogP contribution is 2.20. The number of rotatable bonds is 9. The summed E-state index contributed by atoms with van der Waals surface area (Å²) in [7, 11) is 0. The molecule has 0 bridgehead atoms. The van der Waals surface area contributed by atoms with Crippen LogP contribution in [0.2, 0.25) is 0 Å². The van der Waals surface area contributed by atoms with Gasteiger partial charge in [-0.15, -0.1) is 0 Å². The number of amides is 1. The number of aromatic amines is 1. The molecule has 0 radical (unpaired) electrons. The van der Waals surface area contributed by atoms with E-state index in [0.29, 0.717) is 37.7 Å². The van der Waals surface area contributed by atoms with Crippen LogP contribution < -0.4 is 10.1 Å². The predicted molar refractivity (Wildman–Crippen MR) is 112 cm³/mol. The quantitative estimate of drug-likeness (QED) is 0.443. The van der Waals surface area contributed by atoms with Crippen LogP contribution in [0, 0.1) is 0 Å². The van der Waals surface area contributed by atoms with E-state index in [2.05, 4.69) is 25.4 Å². The average Bonchev–Trinajstić information content (AvgIpc) is 3.40. The normalized spacial score (nSPS) is 11.0. The maximum Gasteiger partial charge on any atom is 0.227 e. The highest BCUT2D eigenvalue weighted by atomic mass is 16.5. The Morgan fingerprint density at radius 1 is 1.10 bits per heavy atom. The van der Waals surface area contributed by atoms with Gasteiger partial charge >= 0.3 is 0 Å². The zero-order chi connectivity index (χ0) is 20.8. The topological polar surface area (TPSA) is 106 Å². The first kappa shape index (κ1) is 19.6. The molecule has 4 aromatic rings. The van der Waals surface area contributed by atoms with E-state index >= 15 is 0 Å². The molecule has 4 rings (SSSR count). The van der Waals surface area contributed by atoms with E-state index in [1.807, 2.05) is 55.5 Å². The summed E-state index contributed by atoms with van der Waals surface area (Å²) in [5, 5.41) is 6.89. The van der Waals surface area contributed by atoms with Crippen molar-refractivity contribution in [3.8, 4) is 17.1 Å². The second-order valence-corrected chi connectivity index (χ2v) is 6.77. The first-order valence-electron chi connectivity index (χ1n) is 9.97. The maximum absolute atomic E-state index is 12.1. The van der Waals surface area contributed by atoms with E-state index in [1.165, 1.54) is 0 Å². The van der Waals surface area contributed by atoms with Crippen LogP contribution in [0.4, 0.5) is 0 Å². The van der Waals surface area contributed by atoms with Crippen molar-refractivity contribution in [1.29, 1.82) is 0 Å². The number of carbonyl (C=O) groups is 1. The molecule has 0 unspecified atom stereocenters. The Balaban J connectivity index is 1.23. The van der Waals surface area contributed by atoms with Crippen molar-refractivity contribution in [2.45, 2.75) is 26.2 Å². The number of imidazole rings is 1. The summed E-state index contributed by atoms with van der Waals surface area (Å²) in [5.41, 5.74) is 2.76. The molecule has 0 saturated heterocycles. The van der Waals surface area contributed by atoms with Gasteiger partial charge in [0.1, 0.15) is 11.6 Å². The smallest absolute Gasteiger partial charge is 0.227 e. The van der Waals surface area contributed by atoms with Crippen molar-refractivity contribution in [3.63, 3.8) is 0 Å². The number of H-pyrrole nitrogens is 1. The van der Waals surface area contributed by atoms with Crippen LogP contribution in [0.1, 0.15) is 25.1 Å². The Bertz CT molecular complexity index is 1080. The lowest BCUT2D eigenvalue weighted by atomic mass is 10.2. The standard InChI is InChI=1S/C22H23N5O3/c1-2-29-16-9-7-15(8-10-16)22-26-21(30-27-22)12-11-20(28)23-14-13-19-24-17-5-3-4-6-18(17)25-19/h3-10H,2,11-14H2,1H3,(H,23,28)(H,24,25). The summed E-state index contributed by atoms with van der Waals surface area (Å²) in [4.78, 5) is 24.2. The van der Waals surface area contributed by atoms with E-state index in [4.69, 9.17) is 9.26 Å². The molecule has 0 atom stereocenters. The zero-order valence-electron chi connectivity index (χ0n) is 16.7. The number of hydrogen-bond acceptors (Lipinski definition) is 6. The van der Waals surface area contributed by atoms with Crippen LogP contribution in [-0.4, -0.2) is 39.2 Å². The van der Waals surface area contributed by atoms with Crippen molar-refractivity contribution in [2.75, 3.05) is 13.2 Å². The van der Waals surface area contributed by atoms with Crippen molar-refractivity contribution < 1.29 is 14.1 Å². The van der Waals surface area contributed by atoms with Gasteiger partial charge in [0.25, 0.3) is 0 Å². The average molecular weight is 405 g/mol. The lowest BCUT2D eigenvalue weighted by molar-refractivity contribution is -0.121. The van der Waals surface area contributed by atoms with E-state index in [0.717, 1.165) is 28.2 Å². The van der Waals surface area contributed by atoms with Crippen molar-refractivity contribution >= 4 is 16.9 Å². The lowest BCUT2D eigenvalue weighted by Gasteiger charge is -2.02. The van der Waals surface area contributed by atoms with E-state index < -0.39 is 0 Å². The minimum absolute atomic E-state index is 0.0630. The van der Waals surface area contributed by atoms with Crippen LogP contribution >= 0.6 is 0 Å². The fourth-order valence-electron chi connectivity index (χ4n) is 3.09. The number of fused-ring (bicyclic) bond motifs is 1. The highest BCUT2D eigenvalue weighted by Gasteiger charge is 2.11. The molecule has 0 aliphatic heterocycles. The molecule has 2 heterocycles. The van der Waals surface area contributed by atoms with Crippen molar-refractivity contribution in [2.24, 2.45) is 0 Å². The summed E-state index contributed by atoms with van der Waals surface area (Å²) >= 11 is 0. The molecule has 0 aliphatic rings. The van der Waals surface area contributed by atoms with Gasteiger partial charge in [-0.2, -0.15) is 4.98 Å². The molecule has 8 heteroatoms. The minimum Gasteiger partial charge on any atom is -0.494 e. The molecule has 8 nitrogen and oxygen atoms in total. The minimum atomic E-state index is -0.0630. The van der Waals surface area contributed by atoms with E-state index in [1.54, 1.807) is 0 Å². The third kappa shape index (κ3) is 4.83. The number of para-hydroxylation sites is 2. The Morgan fingerprint density at radius 2 is 1.93 bits per heavy atom. The molecular weight excluding hydrogens is 382 g/mol. The van der Waals surface area contributed by atoms with Gasteiger partial charge in [0.15, 0.2) is 0 Å². The van der Waals surface area contributed by atoms with Gasteiger partial charge in [-0.1, -0.05) is 17.3 Å². The Hall–Kier alpha value is -3.68. The molecule has 0 aliphatic carbocycles. The molecule has 2 aromatic heterocycles. The summed E-state index contributed by atoms with van der Waals surface area (Å²) in [6.07, 6.45) is 1.31. The second kappa shape index (κ2) is 9.21. The third-order valence-corrected chi connectivity index (χ3v) is 4.58. The van der Waals surface area contributed by atoms with Gasteiger partial charge in [-0.25, -0.2) is 4.98 Å². The van der Waals surface area contributed by atoms with E-state index in [9.17, 15) is 4.79 Å². The number of ether oxygens (including phenoxy) is 1. The molecule has 2 aromatic carbocycles. The first-order chi connectivity index (χ1) is 14.7. The van der Waals surface area contributed by atoms with Gasteiger partial charge in [0, 0.05) is 31.4 Å². The van der Waals surface area contributed by atoms with Crippen LogP contribution in [0.5, 0.6) is 5.75 Å². The third-order valence-electron chi connectivity index (χ3n) is 4.58. The predicted octanol–water partition coefficient (Wildman–Crippen LogP) is 3.30. The summed E-state index contributed by atoms with van der Waals surface area (Å²) < 4.78 is 10.7. The SMILES string of the molecule is CCOc1ccc(-c2noc(CCC(=O)NCCc3nc4ccccc4[nH]3)n2)cc1. The van der Waals surface area contributed by atoms with E-state index in [-0.39, 0.29) is 12.3 Å². The number of nitrogens with zero attached hydrogens (tertiary/aromatic N) is 3. The summed E-state index contributed by atoms with van der Waals surface area (Å²) in [6, 6.07) is 15.3.